The highest BCUT2D eigenvalue weighted by atomic mass is 79.9. The van der Waals surface area contributed by atoms with Gasteiger partial charge >= 0.3 is 5.69 Å². The van der Waals surface area contributed by atoms with Crippen LogP contribution >= 0.6 is 15.9 Å². The summed E-state index contributed by atoms with van der Waals surface area (Å²) in [6.07, 6.45) is 0. The molecule has 0 amide bonds. The normalized spacial score (nSPS) is 12.8. The maximum atomic E-state index is 11.3. The van der Waals surface area contributed by atoms with E-state index in [0.717, 1.165) is 16.6 Å². The van der Waals surface area contributed by atoms with Crippen LogP contribution in [-0.2, 0) is 0 Å². The van der Waals surface area contributed by atoms with Gasteiger partial charge in [-0.15, -0.1) is 0 Å². The smallest absolute Gasteiger partial charge is 0.306 e. The van der Waals surface area contributed by atoms with Crippen LogP contribution in [0.15, 0.2) is 41.2 Å². The minimum absolute atomic E-state index is 0.115. The SMILES string of the molecule is Cc1ccc(C(Br)c2ccc3[nH]c(=O)[nH]c3c2)cc1C. The topological polar surface area (TPSA) is 48.6 Å². The number of halogens is 1. The van der Waals surface area contributed by atoms with Crippen molar-refractivity contribution in [3.8, 4) is 0 Å². The highest BCUT2D eigenvalue weighted by Gasteiger charge is 2.12. The lowest BCUT2D eigenvalue weighted by molar-refractivity contribution is 1.16. The summed E-state index contributed by atoms with van der Waals surface area (Å²) in [6, 6.07) is 12.4. The van der Waals surface area contributed by atoms with Gasteiger partial charge in [0.15, 0.2) is 0 Å². The summed E-state index contributed by atoms with van der Waals surface area (Å²) in [5.41, 5.74) is 6.40. The van der Waals surface area contributed by atoms with Crippen molar-refractivity contribution in [2.45, 2.75) is 18.7 Å². The number of nitrogens with one attached hydrogen (secondary N) is 2. The largest absolute Gasteiger partial charge is 0.323 e. The lowest BCUT2D eigenvalue weighted by atomic mass is 10.00. The summed E-state index contributed by atoms with van der Waals surface area (Å²) in [6.45, 7) is 4.23. The third kappa shape index (κ3) is 2.31. The highest BCUT2D eigenvalue weighted by molar-refractivity contribution is 9.09. The molecule has 0 bridgehead atoms. The first-order valence-corrected chi connectivity index (χ1v) is 7.39. The number of aromatic nitrogens is 2. The van der Waals surface area contributed by atoms with Gasteiger partial charge in [0.25, 0.3) is 0 Å². The van der Waals surface area contributed by atoms with Gasteiger partial charge in [-0.2, -0.15) is 0 Å². The van der Waals surface area contributed by atoms with Crippen molar-refractivity contribution in [1.82, 2.24) is 9.97 Å². The molecule has 20 heavy (non-hydrogen) atoms. The van der Waals surface area contributed by atoms with Gasteiger partial charge < -0.3 is 9.97 Å². The lowest BCUT2D eigenvalue weighted by Gasteiger charge is -2.12. The molecule has 102 valence electrons. The molecule has 0 radical (unpaired) electrons. The van der Waals surface area contributed by atoms with Crippen LogP contribution in [0.2, 0.25) is 0 Å². The minimum Gasteiger partial charge on any atom is -0.306 e. The predicted octanol–water partition coefficient (Wildman–Crippen LogP) is 3.96. The lowest BCUT2D eigenvalue weighted by Crippen LogP contribution is -1.99. The Balaban J connectivity index is 2.04. The molecule has 0 aliphatic heterocycles. The quantitative estimate of drug-likeness (QED) is 0.686. The maximum Gasteiger partial charge on any atom is 0.323 e. The van der Waals surface area contributed by atoms with Crippen molar-refractivity contribution in [3.05, 3.63) is 69.1 Å². The zero-order chi connectivity index (χ0) is 14.3. The Morgan fingerprint density at radius 2 is 1.55 bits per heavy atom. The summed E-state index contributed by atoms with van der Waals surface area (Å²) < 4.78 is 0. The third-order valence-electron chi connectivity index (χ3n) is 3.66. The van der Waals surface area contributed by atoms with Crippen molar-refractivity contribution >= 4 is 27.0 Å². The number of hydrogen-bond acceptors (Lipinski definition) is 1. The van der Waals surface area contributed by atoms with E-state index in [9.17, 15) is 4.79 Å². The first kappa shape index (κ1) is 13.2. The molecule has 0 saturated carbocycles. The second kappa shape index (κ2) is 4.94. The van der Waals surface area contributed by atoms with Crippen LogP contribution in [0.4, 0.5) is 0 Å². The molecule has 3 rings (SSSR count). The van der Waals surface area contributed by atoms with Crippen molar-refractivity contribution in [3.63, 3.8) is 0 Å². The molecule has 0 aliphatic carbocycles. The van der Waals surface area contributed by atoms with Gasteiger partial charge in [-0.1, -0.05) is 40.2 Å². The number of aryl methyl sites for hydroxylation is 2. The van der Waals surface area contributed by atoms with E-state index in [1.807, 2.05) is 18.2 Å². The summed E-state index contributed by atoms with van der Waals surface area (Å²) in [4.78, 5) is 17.0. The van der Waals surface area contributed by atoms with Crippen LogP contribution < -0.4 is 5.69 Å². The van der Waals surface area contributed by atoms with Crippen LogP contribution in [-0.4, -0.2) is 9.97 Å². The average Bonchev–Trinajstić information content (AvgIpc) is 2.80. The zero-order valence-corrected chi connectivity index (χ0v) is 12.9. The van der Waals surface area contributed by atoms with E-state index in [2.05, 4.69) is 57.9 Å². The Morgan fingerprint density at radius 3 is 2.30 bits per heavy atom. The van der Waals surface area contributed by atoms with E-state index in [1.54, 1.807) is 0 Å². The average molecular weight is 331 g/mol. The molecule has 3 nitrogen and oxygen atoms in total. The van der Waals surface area contributed by atoms with E-state index in [4.69, 9.17) is 0 Å². The predicted molar refractivity (Wildman–Crippen MR) is 85.6 cm³/mol. The Labute approximate surface area is 125 Å². The molecule has 0 saturated heterocycles. The van der Waals surface area contributed by atoms with Crippen LogP contribution in [0, 0.1) is 13.8 Å². The summed E-state index contributed by atoms with van der Waals surface area (Å²) in [5.74, 6) is 0. The number of fused-ring (bicyclic) bond motifs is 1. The van der Waals surface area contributed by atoms with Gasteiger partial charge in [0.05, 0.1) is 15.9 Å². The first-order chi connectivity index (χ1) is 9.54. The fourth-order valence-corrected chi connectivity index (χ4v) is 2.89. The number of hydrogen-bond donors (Lipinski definition) is 2. The van der Waals surface area contributed by atoms with Crippen LogP contribution in [0.3, 0.4) is 0 Å². The van der Waals surface area contributed by atoms with Crippen LogP contribution in [0.5, 0.6) is 0 Å². The Kier molecular flexibility index (Phi) is 3.26. The monoisotopic (exact) mass is 330 g/mol. The highest BCUT2D eigenvalue weighted by Crippen LogP contribution is 2.32. The molecule has 0 aliphatic rings. The minimum atomic E-state index is -0.172. The van der Waals surface area contributed by atoms with E-state index in [0.29, 0.717) is 0 Å². The number of imidazole rings is 1. The molecule has 0 spiro atoms. The van der Waals surface area contributed by atoms with E-state index >= 15 is 0 Å². The fourth-order valence-electron chi connectivity index (χ4n) is 2.32. The van der Waals surface area contributed by atoms with Crippen LogP contribution in [0.1, 0.15) is 27.1 Å². The van der Waals surface area contributed by atoms with E-state index < -0.39 is 0 Å². The molecular formula is C16H15BrN2O. The number of aromatic amines is 2. The Bertz CT molecular complexity index is 832. The number of benzene rings is 2. The second-order valence-electron chi connectivity index (χ2n) is 5.09. The maximum absolute atomic E-state index is 11.3. The Morgan fingerprint density at radius 1 is 0.900 bits per heavy atom. The summed E-state index contributed by atoms with van der Waals surface area (Å²) in [5, 5.41) is 0. The summed E-state index contributed by atoms with van der Waals surface area (Å²) in [7, 11) is 0. The molecule has 2 aromatic carbocycles. The van der Waals surface area contributed by atoms with Gasteiger partial charge in [0, 0.05) is 0 Å². The Hall–Kier alpha value is -1.81. The van der Waals surface area contributed by atoms with Gasteiger partial charge in [0.1, 0.15) is 0 Å². The molecule has 0 fully saturated rings. The number of rotatable bonds is 2. The molecule has 1 unspecified atom stereocenters. The fraction of sp³-hybridized carbons (Fsp3) is 0.188. The van der Waals surface area contributed by atoms with E-state index in [-0.39, 0.29) is 10.5 Å². The van der Waals surface area contributed by atoms with Gasteiger partial charge in [-0.25, -0.2) is 4.79 Å². The molecular weight excluding hydrogens is 316 g/mol. The summed E-state index contributed by atoms with van der Waals surface area (Å²) >= 11 is 3.74. The second-order valence-corrected chi connectivity index (χ2v) is 6.01. The molecule has 1 heterocycles. The zero-order valence-electron chi connectivity index (χ0n) is 11.3. The molecule has 2 N–H and O–H groups in total. The third-order valence-corrected chi connectivity index (χ3v) is 4.71. The van der Waals surface area contributed by atoms with Crippen LogP contribution in [0.25, 0.3) is 11.0 Å². The van der Waals surface area contributed by atoms with Crippen molar-refractivity contribution in [2.24, 2.45) is 0 Å². The molecule has 4 heteroatoms. The molecule has 1 atom stereocenters. The van der Waals surface area contributed by atoms with E-state index in [1.165, 1.54) is 16.7 Å². The number of alkyl halides is 1. The molecule has 1 aromatic heterocycles. The number of H-pyrrole nitrogens is 2. The van der Waals surface area contributed by atoms with Gasteiger partial charge in [-0.05, 0) is 48.2 Å². The molecule has 3 aromatic rings. The standard InChI is InChI=1S/C16H15BrN2O/c1-9-3-4-11(7-10(9)2)15(17)12-5-6-13-14(8-12)19-16(20)18-13/h3-8,15H,1-2H3,(H2,18,19,20). The van der Waals surface area contributed by atoms with Crippen molar-refractivity contribution in [2.75, 3.05) is 0 Å². The first-order valence-electron chi connectivity index (χ1n) is 6.48. The van der Waals surface area contributed by atoms with Gasteiger partial charge in [-0.3, -0.25) is 0 Å². The van der Waals surface area contributed by atoms with Gasteiger partial charge in [0.2, 0.25) is 0 Å². The van der Waals surface area contributed by atoms with Crippen molar-refractivity contribution in [1.29, 1.82) is 0 Å². The van der Waals surface area contributed by atoms with Crippen molar-refractivity contribution < 1.29 is 0 Å².